The Morgan fingerprint density at radius 2 is 2.05 bits per heavy atom. The molecular formula is C15H19ClN4S. The fourth-order valence-electron chi connectivity index (χ4n) is 2.58. The van der Waals surface area contributed by atoms with Crippen LogP contribution in [0.4, 0.5) is 5.69 Å². The first-order valence-electron chi connectivity index (χ1n) is 7.11. The Morgan fingerprint density at radius 3 is 2.71 bits per heavy atom. The van der Waals surface area contributed by atoms with E-state index in [0.29, 0.717) is 6.54 Å². The van der Waals surface area contributed by atoms with E-state index in [4.69, 9.17) is 17.3 Å². The van der Waals surface area contributed by atoms with Crippen LogP contribution >= 0.6 is 22.9 Å². The summed E-state index contributed by atoms with van der Waals surface area (Å²) in [6.07, 6.45) is 0. The molecule has 2 heterocycles. The van der Waals surface area contributed by atoms with Crippen molar-refractivity contribution >= 4 is 28.6 Å². The molecule has 2 N–H and O–H groups in total. The average Bonchev–Trinajstić information content (AvgIpc) is 2.96. The highest BCUT2D eigenvalue weighted by Gasteiger charge is 2.18. The van der Waals surface area contributed by atoms with Gasteiger partial charge in [-0.05, 0) is 18.2 Å². The summed E-state index contributed by atoms with van der Waals surface area (Å²) in [6, 6.07) is 8.08. The Morgan fingerprint density at radius 1 is 1.24 bits per heavy atom. The van der Waals surface area contributed by atoms with Crippen molar-refractivity contribution in [2.45, 2.75) is 13.1 Å². The van der Waals surface area contributed by atoms with Crippen LogP contribution in [0.3, 0.4) is 0 Å². The number of thiazole rings is 1. The number of anilines is 1. The first-order chi connectivity index (χ1) is 10.2. The van der Waals surface area contributed by atoms with Crippen LogP contribution in [0.2, 0.25) is 5.02 Å². The monoisotopic (exact) mass is 322 g/mol. The average molecular weight is 323 g/mol. The third-order valence-corrected chi connectivity index (χ3v) is 4.86. The third-order valence-electron chi connectivity index (χ3n) is 3.71. The highest BCUT2D eigenvalue weighted by atomic mass is 35.5. The zero-order valence-corrected chi connectivity index (χ0v) is 13.4. The van der Waals surface area contributed by atoms with Crippen molar-refractivity contribution in [3.8, 4) is 0 Å². The molecule has 21 heavy (non-hydrogen) atoms. The summed E-state index contributed by atoms with van der Waals surface area (Å²) >= 11 is 7.71. The van der Waals surface area contributed by atoms with E-state index in [9.17, 15) is 0 Å². The number of piperazine rings is 1. The molecule has 1 saturated heterocycles. The lowest BCUT2D eigenvalue weighted by atomic mass is 10.2. The highest BCUT2D eigenvalue weighted by Crippen LogP contribution is 2.21. The van der Waals surface area contributed by atoms with Gasteiger partial charge in [0.05, 0.1) is 5.69 Å². The van der Waals surface area contributed by atoms with Crippen LogP contribution < -0.4 is 10.6 Å². The fraction of sp³-hybridized carbons (Fsp3) is 0.400. The van der Waals surface area contributed by atoms with E-state index in [-0.39, 0.29) is 0 Å². The SMILES string of the molecule is NCc1nc(CN2CCN(c3cccc(Cl)c3)CC2)cs1. The maximum Gasteiger partial charge on any atom is 0.106 e. The highest BCUT2D eigenvalue weighted by molar-refractivity contribution is 7.09. The maximum absolute atomic E-state index is 6.06. The molecule has 0 aliphatic carbocycles. The Kier molecular flexibility index (Phi) is 4.75. The second kappa shape index (κ2) is 6.75. The number of benzene rings is 1. The predicted octanol–water partition coefficient (Wildman–Crippen LogP) is 2.58. The minimum atomic E-state index is 0.535. The van der Waals surface area contributed by atoms with E-state index in [1.54, 1.807) is 11.3 Å². The van der Waals surface area contributed by atoms with Gasteiger partial charge in [-0.15, -0.1) is 11.3 Å². The molecule has 6 heteroatoms. The molecule has 0 radical (unpaired) electrons. The number of nitrogens with two attached hydrogens (primary N) is 1. The zero-order valence-electron chi connectivity index (χ0n) is 11.8. The summed E-state index contributed by atoms with van der Waals surface area (Å²) < 4.78 is 0. The predicted molar refractivity (Wildman–Crippen MR) is 88.9 cm³/mol. The summed E-state index contributed by atoms with van der Waals surface area (Å²) in [5.74, 6) is 0. The van der Waals surface area contributed by atoms with Gasteiger partial charge in [0.15, 0.2) is 0 Å². The quantitative estimate of drug-likeness (QED) is 0.939. The molecule has 2 aromatic rings. The van der Waals surface area contributed by atoms with Gasteiger partial charge < -0.3 is 10.6 Å². The molecular weight excluding hydrogens is 304 g/mol. The standard InChI is InChI=1S/C15H19ClN4S/c16-12-2-1-3-14(8-12)20-6-4-19(5-7-20)10-13-11-21-15(9-17)18-13/h1-3,8,11H,4-7,9-10,17H2. The van der Waals surface area contributed by atoms with Crippen molar-refractivity contribution < 1.29 is 0 Å². The number of rotatable bonds is 4. The largest absolute Gasteiger partial charge is 0.369 e. The molecule has 0 amide bonds. The molecule has 1 aliphatic heterocycles. The van der Waals surface area contributed by atoms with Gasteiger partial charge in [0.2, 0.25) is 0 Å². The first kappa shape index (κ1) is 14.8. The van der Waals surface area contributed by atoms with Crippen molar-refractivity contribution in [2.75, 3.05) is 31.1 Å². The summed E-state index contributed by atoms with van der Waals surface area (Å²) in [7, 11) is 0. The molecule has 0 unspecified atom stereocenters. The van der Waals surface area contributed by atoms with Crippen LogP contribution in [-0.4, -0.2) is 36.1 Å². The molecule has 1 fully saturated rings. The molecule has 0 atom stereocenters. The van der Waals surface area contributed by atoms with E-state index >= 15 is 0 Å². The molecule has 1 aromatic heterocycles. The van der Waals surface area contributed by atoms with Crippen LogP contribution in [-0.2, 0) is 13.1 Å². The Labute approximate surface area is 134 Å². The molecule has 3 rings (SSSR count). The van der Waals surface area contributed by atoms with Gasteiger partial charge in [0, 0.05) is 55.4 Å². The van der Waals surface area contributed by atoms with Gasteiger partial charge in [-0.2, -0.15) is 0 Å². The minimum Gasteiger partial charge on any atom is -0.369 e. The van der Waals surface area contributed by atoms with Crippen molar-refractivity contribution in [2.24, 2.45) is 5.73 Å². The Balaban J connectivity index is 1.55. The lowest BCUT2D eigenvalue weighted by molar-refractivity contribution is 0.247. The van der Waals surface area contributed by atoms with Crippen LogP contribution in [0.1, 0.15) is 10.7 Å². The van der Waals surface area contributed by atoms with Gasteiger partial charge in [0.25, 0.3) is 0 Å². The molecule has 0 saturated carbocycles. The van der Waals surface area contributed by atoms with Crippen LogP contribution in [0.5, 0.6) is 0 Å². The molecule has 0 spiro atoms. The van der Waals surface area contributed by atoms with E-state index in [0.717, 1.165) is 48.4 Å². The van der Waals surface area contributed by atoms with Gasteiger partial charge in [-0.1, -0.05) is 17.7 Å². The van der Waals surface area contributed by atoms with Crippen molar-refractivity contribution in [1.29, 1.82) is 0 Å². The zero-order chi connectivity index (χ0) is 14.7. The topological polar surface area (TPSA) is 45.4 Å². The van der Waals surface area contributed by atoms with E-state index < -0.39 is 0 Å². The van der Waals surface area contributed by atoms with Gasteiger partial charge in [-0.25, -0.2) is 4.98 Å². The van der Waals surface area contributed by atoms with E-state index in [2.05, 4.69) is 26.2 Å². The number of hydrogen-bond acceptors (Lipinski definition) is 5. The molecule has 1 aromatic carbocycles. The van der Waals surface area contributed by atoms with Crippen molar-refractivity contribution in [3.63, 3.8) is 0 Å². The Bertz CT molecular complexity index is 593. The summed E-state index contributed by atoms with van der Waals surface area (Å²) in [5.41, 5.74) is 7.95. The lowest BCUT2D eigenvalue weighted by Gasteiger charge is -2.35. The van der Waals surface area contributed by atoms with Gasteiger partial charge in [0.1, 0.15) is 5.01 Å². The third kappa shape index (κ3) is 3.74. The van der Waals surface area contributed by atoms with E-state index in [1.807, 2.05) is 18.2 Å². The van der Waals surface area contributed by atoms with Crippen molar-refractivity contribution in [1.82, 2.24) is 9.88 Å². The molecule has 112 valence electrons. The van der Waals surface area contributed by atoms with Gasteiger partial charge >= 0.3 is 0 Å². The number of halogens is 1. The van der Waals surface area contributed by atoms with Crippen LogP contribution in [0.25, 0.3) is 0 Å². The minimum absolute atomic E-state index is 0.535. The summed E-state index contributed by atoms with van der Waals surface area (Å²) in [4.78, 5) is 9.36. The lowest BCUT2D eigenvalue weighted by Crippen LogP contribution is -2.46. The first-order valence-corrected chi connectivity index (χ1v) is 8.36. The Hall–Kier alpha value is -1.14. The maximum atomic E-state index is 6.06. The van der Waals surface area contributed by atoms with Crippen LogP contribution in [0.15, 0.2) is 29.6 Å². The van der Waals surface area contributed by atoms with Gasteiger partial charge in [-0.3, -0.25) is 4.90 Å². The summed E-state index contributed by atoms with van der Waals surface area (Å²) in [5, 5.41) is 3.93. The normalized spacial score (nSPS) is 16.4. The smallest absolute Gasteiger partial charge is 0.106 e. The van der Waals surface area contributed by atoms with Crippen LogP contribution in [0, 0.1) is 0 Å². The number of nitrogens with zero attached hydrogens (tertiary/aromatic N) is 3. The van der Waals surface area contributed by atoms with Crippen molar-refractivity contribution in [3.05, 3.63) is 45.4 Å². The fourth-order valence-corrected chi connectivity index (χ4v) is 3.43. The number of aromatic nitrogens is 1. The molecule has 4 nitrogen and oxygen atoms in total. The second-order valence-electron chi connectivity index (χ2n) is 5.18. The molecule has 0 bridgehead atoms. The second-order valence-corrected chi connectivity index (χ2v) is 6.56. The summed E-state index contributed by atoms with van der Waals surface area (Å²) in [6.45, 7) is 5.58. The van der Waals surface area contributed by atoms with E-state index in [1.165, 1.54) is 5.69 Å². The number of hydrogen-bond donors (Lipinski definition) is 1. The molecule has 1 aliphatic rings.